The zero-order chi connectivity index (χ0) is 14.0. The van der Waals surface area contributed by atoms with Crippen LogP contribution in [-0.2, 0) is 4.74 Å². The van der Waals surface area contributed by atoms with Crippen LogP contribution in [0, 0.1) is 0 Å². The molecule has 1 unspecified atom stereocenters. The molecule has 106 valence electrons. The number of morpholine rings is 1. The van der Waals surface area contributed by atoms with E-state index in [4.69, 9.17) is 27.9 Å². The Hall–Kier alpha value is -0.320. The van der Waals surface area contributed by atoms with E-state index < -0.39 is 6.10 Å². The van der Waals surface area contributed by atoms with E-state index in [0.29, 0.717) is 23.3 Å². The van der Waals surface area contributed by atoms with Crippen molar-refractivity contribution in [1.29, 1.82) is 0 Å². The summed E-state index contributed by atoms with van der Waals surface area (Å²) >= 11 is 11.9. The number of ether oxygens (including phenoxy) is 1. The highest BCUT2D eigenvalue weighted by Crippen LogP contribution is 2.34. The molecular formula is C14H19Cl2NO2. The van der Waals surface area contributed by atoms with Gasteiger partial charge in [-0.15, -0.1) is 0 Å². The molecule has 19 heavy (non-hydrogen) atoms. The molecule has 0 bridgehead atoms. The molecule has 0 spiro atoms. The van der Waals surface area contributed by atoms with E-state index >= 15 is 0 Å². The third-order valence-electron chi connectivity index (χ3n) is 3.75. The number of hydrogen-bond donors (Lipinski definition) is 1. The van der Waals surface area contributed by atoms with Gasteiger partial charge in [0, 0.05) is 18.6 Å². The largest absolute Gasteiger partial charge is 0.386 e. The average Bonchev–Trinajstić information content (AvgIpc) is 2.42. The van der Waals surface area contributed by atoms with Gasteiger partial charge in [-0.1, -0.05) is 29.3 Å². The Morgan fingerprint density at radius 2 is 1.84 bits per heavy atom. The van der Waals surface area contributed by atoms with Crippen LogP contribution < -0.4 is 0 Å². The zero-order valence-corrected chi connectivity index (χ0v) is 12.7. The Labute approximate surface area is 124 Å². The van der Waals surface area contributed by atoms with Crippen LogP contribution in [0.25, 0.3) is 0 Å². The highest BCUT2D eigenvalue weighted by atomic mass is 35.5. The van der Waals surface area contributed by atoms with Gasteiger partial charge in [0.15, 0.2) is 0 Å². The molecule has 1 heterocycles. The monoisotopic (exact) mass is 303 g/mol. The zero-order valence-electron chi connectivity index (χ0n) is 11.2. The van der Waals surface area contributed by atoms with Gasteiger partial charge in [0.05, 0.1) is 29.4 Å². The molecule has 5 heteroatoms. The topological polar surface area (TPSA) is 32.7 Å². The second-order valence-electron chi connectivity index (χ2n) is 5.33. The molecule has 1 aromatic carbocycles. The molecule has 3 nitrogen and oxygen atoms in total. The van der Waals surface area contributed by atoms with Crippen LogP contribution in [0.15, 0.2) is 18.2 Å². The van der Waals surface area contributed by atoms with E-state index in [9.17, 15) is 5.11 Å². The summed E-state index contributed by atoms with van der Waals surface area (Å²) in [6.45, 7) is 7.13. The number of rotatable bonds is 3. The minimum absolute atomic E-state index is 0.374. The molecule has 1 aromatic rings. The SMILES string of the molecule is CC(C)(C(O)c1ccc(Cl)c(Cl)c1)N1CCOCC1. The predicted molar refractivity (Wildman–Crippen MR) is 77.9 cm³/mol. The van der Waals surface area contributed by atoms with E-state index in [1.165, 1.54) is 0 Å². The first-order valence-electron chi connectivity index (χ1n) is 6.38. The Morgan fingerprint density at radius 1 is 1.21 bits per heavy atom. The first-order chi connectivity index (χ1) is 8.93. The Balaban J connectivity index is 2.20. The first kappa shape index (κ1) is 15.1. The standard InChI is InChI=1S/C14H19Cl2NO2/c1-14(2,17-5-7-19-8-6-17)13(18)10-3-4-11(15)12(16)9-10/h3-4,9,13,18H,5-8H2,1-2H3. The van der Waals surface area contributed by atoms with Crippen LogP contribution >= 0.6 is 23.2 Å². The molecule has 1 aliphatic heterocycles. The van der Waals surface area contributed by atoms with Crippen molar-refractivity contribution >= 4 is 23.2 Å². The van der Waals surface area contributed by atoms with Gasteiger partial charge in [0.1, 0.15) is 0 Å². The fraction of sp³-hybridized carbons (Fsp3) is 0.571. The lowest BCUT2D eigenvalue weighted by Crippen LogP contribution is -2.53. The molecule has 1 saturated heterocycles. The van der Waals surface area contributed by atoms with Crippen molar-refractivity contribution < 1.29 is 9.84 Å². The minimum atomic E-state index is -0.625. The van der Waals surface area contributed by atoms with E-state index in [2.05, 4.69) is 4.90 Å². The van der Waals surface area contributed by atoms with Crippen molar-refractivity contribution in [3.63, 3.8) is 0 Å². The van der Waals surface area contributed by atoms with E-state index in [0.717, 1.165) is 18.7 Å². The Morgan fingerprint density at radius 3 is 2.42 bits per heavy atom. The second kappa shape index (κ2) is 5.98. The van der Waals surface area contributed by atoms with Crippen LogP contribution in [0.5, 0.6) is 0 Å². The summed E-state index contributed by atoms with van der Waals surface area (Å²) in [6, 6.07) is 5.27. The molecule has 2 rings (SSSR count). The van der Waals surface area contributed by atoms with E-state index in [1.54, 1.807) is 12.1 Å². The number of hydrogen-bond acceptors (Lipinski definition) is 3. The number of nitrogens with zero attached hydrogens (tertiary/aromatic N) is 1. The summed E-state index contributed by atoms with van der Waals surface area (Å²) in [4.78, 5) is 2.24. The van der Waals surface area contributed by atoms with Crippen molar-refractivity contribution in [2.75, 3.05) is 26.3 Å². The van der Waals surface area contributed by atoms with Crippen molar-refractivity contribution in [3.05, 3.63) is 33.8 Å². The van der Waals surface area contributed by atoms with Gasteiger partial charge in [-0.2, -0.15) is 0 Å². The third-order valence-corrected chi connectivity index (χ3v) is 4.49. The van der Waals surface area contributed by atoms with Gasteiger partial charge >= 0.3 is 0 Å². The average molecular weight is 304 g/mol. The lowest BCUT2D eigenvalue weighted by Gasteiger charge is -2.43. The first-order valence-corrected chi connectivity index (χ1v) is 7.14. The molecule has 1 atom stereocenters. The van der Waals surface area contributed by atoms with E-state index in [1.807, 2.05) is 19.9 Å². The van der Waals surface area contributed by atoms with Gasteiger partial charge in [0.2, 0.25) is 0 Å². The van der Waals surface area contributed by atoms with Gasteiger partial charge in [-0.05, 0) is 31.5 Å². The predicted octanol–water partition coefficient (Wildman–Crippen LogP) is 3.14. The number of aliphatic hydroxyl groups excluding tert-OH is 1. The maximum Gasteiger partial charge on any atom is 0.0968 e. The van der Waals surface area contributed by atoms with Gasteiger partial charge in [0.25, 0.3) is 0 Å². The van der Waals surface area contributed by atoms with Crippen LogP contribution in [-0.4, -0.2) is 41.8 Å². The fourth-order valence-corrected chi connectivity index (χ4v) is 2.71. The van der Waals surface area contributed by atoms with Crippen molar-refractivity contribution in [2.24, 2.45) is 0 Å². The van der Waals surface area contributed by atoms with Crippen molar-refractivity contribution in [2.45, 2.75) is 25.5 Å². The molecule has 1 N–H and O–H groups in total. The highest BCUT2D eigenvalue weighted by Gasteiger charge is 2.36. The molecule has 1 fully saturated rings. The highest BCUT2D eigenvalue weighted by molar-refractivity contribution is 6.42. The number of benzene rings is 1. The fourth-order valence-electron chi connectivity index (χ4n) is 2.40. The smallest absolute Gasteiger partial charge is 0.0968 e. The maximum atomic E-state index is 10.6. The maximum absolute atomic E-state index is 10.6. The molecular weight excluding hydrogens is 285 g/mol. The third kappa shape index (κ3) is 3.23. The summed E-state index contributed by atoms with van der Waals surface area (Å²) in [5, 5.41) is 11.6. The molecule has 0 amide bonds. The molecule has 0 aromatic heterocycles. The summed E-state index contributed by atoms with van der Waals surface area (Å²) in [6.07, 6.45) is -0.625. The van der Waals surface area contributed by atoms with Crippen molar-refractivity contribution in [3.8, 4) is 0 Å². The number of halogens is 2. The van der Waals surface area contributed by atoms with Gasteiger partial charge < -0.3 is 9.84 Å². The number of aliphatic hydroxyl groups is 1. The molecule has 0 radical (unpaired) electrons. The van der Waals surface area contributed by atoms with Gasteiger partial charge in [-0.25, -0.2) is 0 Å². The Kier molecular flexibility index (Phi) is 4.75. The lowest BCUT2D eigenvalue weighted by atomic mass is 9.89. The summed E-state index contributed by atoms with van der Waals surface area (Å²) in [5.74, 6) is 0. The van der Waals surface area contributed by atoms with Crippen LogP contribution in [0.1, 0.15) is 25.5 Å². The lowest BCUT2D eigenvalue weighted by molar-refractivity contribution is -0.0630. The molecule has 0 saturated carbocycles. The minimum Gasteiger partial charge on any atom is -0.386 e. The normalized spacial score (nSPS) is 19.4. The molecule has 0 aliphatic carbocycles. The summed E-state index contributed by atoms with van der Waals surface area (Å²) in [7, 11) is 0. The quantitative estimate of drug-likeness (QED) is 0.931. The van der Waals surface area contributed by atoms with Crippen molar-refractivity contribution in [1.82, 2.24) is 4.90 Å². The van der Waals surface area contributed by atoms with E-state index in [-0.39, 0.29) is 5.54 Å². The summed E-state index contributed by atoms with van der Waals surface area (Å²) in [5.41, 5.74) is 0.409. The molecule has 1 aliphatic rings. The van der Waals surface area contributed by atoms with Crippen LogP contribution in [0.2, 0.25) is 10.0 Å². The van der Waals surface area contributed by atoms with Crippen LogP contribution in [0.4, 0.5) is 0 Å². The van der Waals surface area contributed by atoms with Gasteiger partial charge in [-0.3, -0.25) is 4.90 Å². The second-order valence-corrected chi connectivity index (χ2v) is 6.14. The van der Waals surface area contributed by atoms with Crippen LogP contribution in [0.3, 0.4) is 0 Å². The Bertz CT molecular complexity index is 445. The summed E-state index contributed by atoms with van der Waals surface area (Å²) < 4.78 is 5.35.